The third kappa shape index (κ3) is 3.10. The first-order valence-corrected chi connectivity index (χ1v) is 7.27. The van der Waals surface area contributed by atoms with Crippen molar-refractivity contribution in [2.75, 3.05) is 5.43 Å². The average molecular weight is 276 g/mol. The van der Waals surface area contributed by atoms with Gasteiger partial charge in [-0.05, 0) is 31.2 Å². The highest BCUT2D eigenvalue weighted by atomic mass is 16.1. The van der Waals surface area contributed by atoms with Crippen LogP contribution in [0.5, 0.6) is 0 Å². The summed E-state index contributed by atoms with van der Waals surface area (Å²) in [5.41, 5.74) is 4.52. The van der Waals surface area contributed by atoms with Crippen molar-refractivity contribution in [3.05, 3.63) is 23.5 Å². The molecule has 1 aliphatic rings. The van der Waals surface area contributed by atoms with Crippen molar-refractivity contribution in [1.29, 1.82) is 0 Å². The number of aryl methyl sites for hydroxylation is 1. The summed E-state index contributed by atoms with van der Waals surface area (Å²) in [5, 5.41) is 3.14. The van der Waals surface area contributed by atoms with Crippen molar-refractivity contribution in [3.63, 3.8) is 0 Å². The average Bonchev–Trinajstić information content (AvgIpc) is 2.43. The Morgan fingerprint density at radius 3 is 2.85 bits per heavy atom. The molecule has 1 aromatic rings. The van der Waals surface area contributed by atoms with Gasteiger partial charge in [0.2, 0.25) is 0 Å². The number of carbonyl (C=O) groups excluding carboxylic acids is 1. The topological polar surface area (TPSA) is 80.0 Å². The second-order valence-corrected chi connectivity index (χ2v) is 5.86. The second-order valence-electron chi connectivity index (χ2n) is 5.86. The normalized spacial score (nSPS) is 26.1. The van der Waals surface area contributed by atoms with Gasteiger partial charge in [0.25, 0.3) is 5.91 Å². The van der Waals surface area contributed by atoms with Crippen LogP contribution in [0.15, 0.2) is 12.3 Å². The van der Waals surface area contributed by atoms with Gasteiger partial charge in [0.05, 0.1) is 11.3 Å². The SMILES string of the molecule is Cc1cc(NN)c(C(=O)NC2CCCC(C)C2C)cn1. The van der Waals surface area contributed by atoms with Gasteiger partial charge in [-0.15, -0.1) is 0 Å². The highest BCUT2D eigenvalue weighted by Crippen LogP contribution is 2.29. The Bertz CT molecular complexity index is 489. The standard InChI is InChI=1S/C15H24N4O/c1-9-5-4-6-13(11(9)3)18-15(20)12-8-17-10(2)7-14(12)19-16/h7-9,11,13H,4-6,16H2,1-3H3,(H,17,19)(H,18,20). The number of nitrogens with zero attached hydrogens (tertiary/aromatic N) is 1. The molecule has 3 unspecified atom stereocenters. The van der Waals surface area contributed by atoms with E-state index in [4.69, 9.17) is 5.84 Å². The molecule has 0 bridgehead atoms. The summed E-state index contributed by atoms with van der Waals surface area (Å²) in [5.74, 6) is 6.53. The van der Waals surface area contributed by atoms with Gasteiger partial charge < -0.3 is 10.7 Å². The third-order valence-corrected chi connectivity index (χ3v) is 4.46. The Morgan fingerprint density at radius 2 is 2.15 bits per heavy atom. The lowest BCUT2D eigenvalue weighted by atomic mass is 9.78. The lowest BCUT2D eigenvalue weighted by molar-refractivity contribution is 0.0891. The van der Waals surface area contributed by atoms with Crippen LogP contribution >= 0.6 is 0 Å². The van der Waals surface area contributed by atoms with Gasteiger partial charge in [0.15, 0.2) is 0 Å². The number of hydrogen-bond donors (Lipinski definition) is 3. The fourth-order valence-electron chi connectivity index (χ4n) is 2.89. The fourth-order valence-corrected chi connectivity index (χ4v) is 2.89. The summed E-state index contributed by atoms with van der Waals surface area (Å²) in [7, 11) is 0. The first kappa shape index (κ1) is 14.8. The first-order valence-electron chi connectivity index (χ1n) is 7.27. The monoisotopic (exact) mass is 276 g/mol. The molecule has 5 heteroatoms. The molecular formula is C15H24N4O. The van der Waals surface area contributed by atoms with Gasteiger partial charge in [0.1, 0.15) is 0 Å². The van der Waals surface area contributed by atoms with Crippen LogP contribution in [0.4, 0.5) is 5.69 Å². The molecule has 0 aliphatic heterocycles. The van der Waals surface area contributed by atoms with E-state index in [0.29, 0.717) is 23.1 Å². The summed E-state index contributed by atoms with van der Waals surface area (Å²) in [6, 6.07) is 2.01. The van der Waals surface area contributed by atoms with E-state index in [9.17, 15) is 4.79 Å². The number of anilines is 1. The quantitative estimate of drug-likeness (QED) is 0.584. The van der Waals surface area contributed by atoms with Crippen LogP contribution in [-0.2, 0) is 0 Å². The predicted octanol–water partition coefficient (Wildman–Crippen LogP) is 2.23. The Kier molecular flexibility index (Phi) is 4.60. The molecule has 1 amide bonds. The molecular weight excluding hydrogens is 252 g/mol. The Morgan fingerprint density at radius 1 is 1.40 bits per heavy atom. The summed E-state index contributed by atoms with van der Waals surface area (Å²) >= 11 is 0. The van der Waals surface area contributed by atoms with E-state index >= 15 is 0 Å². The minimum Gasteiger partial charge on any atom is -0.349 e. The molecule has 0 aromatic carbocycles. The maximum Gasteiger partial charge on any atom is 0.255 e. The first-order chi connectivity index (χ1) is 9.52. The zero-order valence-electron chi connectivity index (χ0n) is 12.4. The van der Waals surface area contributed by atoms with Gasteiger partial charge in [-0.25, -0.2) is 0 Å². The molecule has 1 aromatic heterocycles. The summed E-state index contributed by atoms with van der Waals surface area (Å²) in [6.07, 6.45) is 5.04. The Balaban J connectivity index is 2.12. The van der Waals surface area contributed by atoms with Gasteiger partial charge in [0, 0.05) is 17.9 Å². The fraction of sp³-hybridized carbons (Fsp3) is 0.600. The molecule has 1 fully saturated rings. The van der Waals surface area contributed by atoms with Crippen LogP contribution < -0.4 is 16.6 Å². The number of hydrogen-bond acceptors (Lipinski definition) is 4. The largest absolute Gasteiger partial charge is 0.349 e. The van der Waals surface area contributed by atoms with Crippen molar-refractivity contribution >= 4 is 11.6 Å². The zero-order chi connectivity index (χ0) is 14.7. The molecule has 1 aliphatic carbocycles. The summed E-state index contributed by atoms with van der Waals surface area (Å²) in [6.45, 7) is 6.33. The van der Waals surface area contributed by atoms with Crippen molar-refractivity contribution in [3.8, 4) is 0 Å². The van der Waals surface area contributed by atoms with E-state index < -0.39 is 0 Å². The van der Waals surface area contributed by atoms with Crippen LogP contribution in [0, 0.1) is 18.8 Å². The van der Waals surface area contributed by atoms with Gasteiger partial charge in [-0.3, -0.25) is 15.6 Å². The highest BCUT2D eigenvalue weighted by molar-refractivity contribution is 5.99. The third-order valence-electron chi connectivity index (χ3n) is 4.46. The molecule has 0 spiro atoms. The number of nitrogens with one attached hydrogen (secondary N) is 2. The van der Waals surface area contributed by atoms with Crippen LogP contribution in [0.3, 0.4) is 0 Å². The van der Waals surface area contributed by atoms with E-state index in [1.165, 1.54) is 12.8 Å². The number of pyridine rings is 1. The van der Waals surface area contributed by atoms with Crippen LogP contribution in [0.25, 0.3) is 0 Å². The number of rotatable bonds is 3. The summed E-state index contributed by atoms with van der Waals surface area (Å²) < 4.78 is 0. The zero-order valence-corrected chi connectivity index (χ0v) is 12.4. The molecule has 1 saturated carbocycles. The van der Waals surface area contributed by atoms with Crippen molar-refractivity contribution in [1.82, 2.24) is 10.3 Å². The van der Waals surface area contributed by atoms with E-state index in [1.807, 2.05) is 6.92 Å². The van der Waals surface area contributed by atoms with Gasteiger partial charge in [-0.1, -0.05) is 26.7 Å². The summed E-state index contributed by atoms with van der Waals surface area (Å²) in [4.78, 5) is 16.6. The number of carbonyl (C=O) groups is 1. The number of aromatic nitrogens is 1. The number of amides is 1. The number of nitrogen functional groups attached to an aromatic ring is 1. The maximum absolute atomic E-state index is 12.4. The lowest BCUT2D eigenvalue weighted by Crippen LogP contribution is -2.44. The van der Waals surface area contributed by atoms with E-state index in [1.54, 1.807) is 12.3 Å². The Hall–Kier alpha value is -1.62. The molecule has 3 atom stereocenters. The Labute approximate surface area is 120 Å². The van der Waals surface area contributed by atoms with E-state index in [2.05, 4.69) is 29.6 Å². The molecule has 4 N–H and O–H groups in total. The molecule has 0 radical (unpaired) electrons. The lowest BCUT2D eigenvalue weighted by Gasteiger charge is -2.34. The predicted molar refractivity (Wildman–Crippen MR) is 80.2 cm³/mol. The molecule has 5 nitrogen and oxygen atoms in total. The molecule has 110 valence electrons. The highest BCUT2D eigenvalue weighted by Gasteiger charge is 2.28. The van der Waals surface area contributed by atoms with Gasteiger partial charge in [-0.2, -0.15) is 0 Å². The smallest absolute Gasteiger partial charge is 0.255 e. The molecule has 2 rings (SSSR count). The number of nitrogens with two attached hydrogens (primary N) is 1. The number of hydrazine groups is 1. The van der Waals surface area contributed by atoms with Crippen LogP contribution in [0.1, 0.15) is 49.2 Å². The van der Waals surface area contributed by atoms with Crippen LogP contribution in [-0.4, -0.2) is 16.9 Å². The van der Waals surface area contributed by atoms with Crippen molar-refractivity contribution < 1.29 is 4.79 Å². The van der Waals surface area contributed by atoms with Crippen molar-refractivity contribution in [2.45, 2.75) is 46.1 Å². The second kappa shape index (κ2) is 6.22. The minimum absolute atomic E-state index is 0.101. The molecule has 1 heterocycles. The van der Waals surface area contributed by atoms with E-state index in [0.717, 1.165) is 12.1 Å². The molecule has 0 saturated heterocycles. The van der Waals surface area contributed by atoms with Crippen LogP contribution in [0.2, 0.25) is 0 Å². The van der Waals surface area contributed by atoms with Gasteiger partial charge >= 0.3 is 0 Å². The van der Waals surface area contributed by atoms with E-state index in [-0.39, 0.29) is 11.9 Å². The maximum atomic E-state index is 12.4. The molecule has 20 heavy (non-hydrogen) atoms. The minimum atomic E-state index is -0.101. The van der Waals surface area contributed by atoms with Crippen molar-refractivity contribution in [2.24, 2.45) is 17.7 Å².